The molecule has 0 saturated carbocycles. The Hall–Kier alpha value is -3.46. The number of aryl methyl sites for hydroxylation is 1. The maximum absolute atomic E-state index is 14.1. The molecule has 0 spiro atoms. The predicted molar refractivity (Wildman–Crippen MR) is 134 cm³/mol. The van der Waals surface area contributed by atoms with Crippen LogP contribution in [-0.2, 0) is 9.53 Å². The largest absolute Gasteiger partial charge is 0.449 e. The standard InChI is InChI=1S/C26H33FN4O4/c1-6-13-35-26(34)31-22-10-9-18(27)14-19(22)20(25(31)33)15-21-16(4)23(17(5)29-21)24(32)28-11-12-30(7-2)8-3/h9-10,14-15,29H,6-8,11-13H2,1-5H3,(H,28,32). The zero-order valence-electron chi connectivity index (χ0n) is 21.0. The maximum atomic E-state index is 14.1. The number of anilines is 1. The molecule has 3 rings (SSSR count). The average Bonchev–Trinajstić information content (AvgIpc) is 3.26. The van der Waals surface area contributed by atoms with Crippen molar-refractivity contribution < 1.29 is 23.5 Å². The first-order valence-electron chi connectivity index (χ1n) is 12.0. The van der Waals surface area contributed by atoms with Crippen LogP contribution in [0.25, 0.3) is 11.6 Å². The Morgan fingerprint density at radius 1 is 1.20 bits per heavy atom. The van der Waals surface area contributed by atoms with Crippen molar-refractivity contribution in [3.05, 3.63) is 52.1 Å². The molecule has 188 valence electrons. The average molecular weight is 485 g/mol. The molecule has 9 heteroatoms. The van der Waals surface area contributed by atoms with E-state index < -0.39 is 17.8 Å². The van der Waals surface area contributed by atoms with E-state index >= 15 is 0 Å². The summed E-state index contributed by atoms with van der Waals surface area (Å²) in [6.45, 7) is 12.8. The molecule has 0 fully saturated rings. The number of aromatic nitrogens is 1. The second kappa shape index (κ2) is 11.3. The number of nitrogens with zero attached hydrogens (tertiary/aromatic N) is 2. The molecule has 2 heterocycles. The zero-order chi connectivity index (χ0) is 25.7. The number of hydrogen-bond acceptors (Lipinski definition) is 5. The molecular weight excluding hydrogens is 451 g/mol. The van der Waals surface area contributed by atoms with Gasteiger partial charge in [-0.2, -0.15) is 0 Å². The number of halogens is 1. The molecule has 0 atom stereocenters. The van der Waals surface area contributed by atoms with E-state index in [1.54, 1.807) is 19.9 Å². The van der Waals surface area contributed by atoms with E-state index in [-0.39, 0.29) is 23.8 Å². The number of likely N-dealkylation sites (N-methyl/N-ethyl adjacent to an activating group) is 1. The number of benzene rings is 1. The van der Waals surface area contributed by atoms with Gasteiger partial charge in [-0.1, -0.05) is 20.8 Å². The Bertz CT molecular complexity index is 1150. The van der Waals surface area contributed by atoms with Gasteiger partial charge in [0.1, 0.15) is 5.82 Å². The molecule has 1 aliphatic rings. The fraction of sp³-hybridized carbons (Fsp3) is 0.423. The van der Waals surface area contributed by atoms with Crippen LogP contribution in [-0.4, -0.2) is 60.6 Å². The predicted octanol–water partition coefficient (Wildman–Crippen LogP) is 4.28. The lowest BCUT2D eigenvalue weighted by Gasteiger charge is -2.18. The van der Waals surface area contributed by atoms with Gasteiger partial charge in [0.25, 0.3) is 11.8 Å². The fourth-order valence-electron chi connectivity index (χ4n) is 4.20. The number of nitrogens with one attached hydrogen (secondary N) is 2. The lowest BCUT2D eigenvalue weighted by atomic mass is 10.0. The molecule has 8 nitrogen and oxygen atoms in total. The van der Waals surface area contributed by atoms with Gasteiger partial charge in [-0.3, -0.25) is 9.59 Å². The number of ether oxygens (including phenoxy) is 1. The highest BCUT2D eigenvalue weighted by atomic mass is 19.1. The second-order valence-corrected chi connectivity index (χ2v) is 8.42. The van der Waals surface area contributed by atoms with E-state index in [9.17, 15) is 18.8 Å². The van der Waals surface area contributed by atoms with Gasteiger partial charge in [0, 0.05) is 30.0 Å². The van der Waals surface area contributed by atoms with Crippen molar-refractivity contribution in [1.29, 1.82) is 0 Å². The van der Waals surface area contributed by atoms with E-state index in [2.05, 4.69) is 29.0 Å². The van der Waals surface area contributed by atoms with Gasteiger partial charge >= 0.3 is 6.09 Å². The van der Waals surface area contributed by atoms with E-state index in [1.807, 2.05) is 6.92 Å². The topological polar surface area (TPSA) is 94.7 Å². The molecule has 0 unspecified atom stereocenters. The number of fused-ring (bicyclic) bond motifs is 1. The Morgan fingerprint density at radius 3 is 2.57 bits per heavy atom. The summed E-state index contributed by atoms with van der Waals surface area (Å²) in [4.78, 5) is 45.0. The molecule has 35 heavy (non-hydrogen) atoms. The highest BCUT2D eigenvalue weighted by Gasteiger charge is 2.38. The molecule has 1 aliphatic heterocycles. The van der Waals surface area contributed by atoms with Crippen molar-refractivity contribution in [2.75, 3.05) is 37.7 Å². The minimum Gasteiger partial charge on any atom is -0.449 e. The Kier molecular flexibility index (Phi) is 8.45. The summed E-state index contributed by atoms with van der Waals surface area (Å²) >= 11 is 0. The Labute approximate surface area is 205 Å². The maximum Gasteiger partial charge on any atom is 0.421 e. The molecule has 1 aromatic carbocycles. The summed E-state index contributed by atoms with van der Waals surface area (Å²) in [6.07, 6.45) is 1.36. The van der Waals surface area contributed by atoms with Crippen LogP contribution in [0.5, 0.6) is 0 Å². The van der Waals surface area contributed by atoms with Crippen molar-refractivity contribution in [2.24, 2.45) is 0 Å². The van der Waals surface area contributed by atoms with Crippen molar-refractivity contribution >= 4 is 35.2 Å². The molecule has 0 bridgehead atoms. The summed E-state index contributed by atoms with van der Waals surface area (Å²) in [5.41, 5.74) is 3.05. The SMILES string of the molecule is CCCOC(=O)N1C(=O)C(=Cc2[nH]c(C)c(C(=O)NCCN(CC)CC)c2C)c2cc(F)ccc21. The molecule has 0 radical (unpaired) electrons. The van der Waals surface area contributed by atoms with E-state index in [4.69, 9.17) is 4.74 Å². The molecule has 3 amide bonds. The number of rotatable bonds is 9. The first-order chi connectivity index (χ1) is 16.7. The summed E-state index contributed by atoms with van der Waals surface area (Å²) in [7, 11) is 0. The van der Waals surface area contributed by atoms with Crippen LogP contribution in [0.15, 0.2) is 18.2 Å². The van der Waals surface area contributed by atoms with Crippen LogP contribution in [0, 0.1) is 19.7 Å². The summed E-state index contributed by atoms with van der Waals surface area (Å²) < 4.78 is 19.2. The summed E-state index contributed by atoms with van der Waals surface area (Å²) in [5.74, 6) is -1.34. The van der Waals surface area contributed by atoms with Gasteiger partial charge < -0.3 is 19.9 Å². The van der Waals surface area contributed by atoms with E-state index in [0.29, 0.717) is 41.0 Å². The van der Waals surface area contributed by atoms with Gasteiger partial charge in [0.15, 0.2) is 0 Å². The minimum absolute atomic E-state index is 0.144. The van der Waals surface area contributed by atoms with Crippen LogP contribution in [0.2, 0.25) is 0 Å². The second-order valence-electron chi connectivity index (χ2n) is 8.42. The number of carbonyl (C=O) groups excluding carboxylic acids is 3. The van der Waals surface area contributed by atoms with Crippen molar-refractivity contribution in [2.45, 2.75) is 41.0 Å². The summed E-state index contributed by atoms with van der Waals surface area (Å²) in [5, 5.41) is 2.95. The number of H-pyrrole nitrogens is 1. The van der Waals surface area contributed by atoms with Crippen molar-refractivity contribution in [1.82, 2.24) is 15.2 Å². The lowest BCUT2D eigenvalue weighted by molar-refractivity contribution is -0.112. The van der Waals surface area contributed by atoms with Crippen molar-refractivity contribution in [3.8, 4) is 0 Å². The molecular formula is C26H33FN4O4. The molecule has 0 saturated heterocycles. The smallest absolute Gasteiger partial charge is 0.421 e. The lowest BCUT2D eigenvalue weighted by Crippen LogP contribution is -2.35. The third-order valence-electron chi connectivity index (χ3n) is 6.14. The van der Waals surface area contributed by atoms with Gasteiger partial charge in [-0.25, -0.2) is 14.1 Å². The normalized spacial score (nSPS) is 14.1. The number of carbonyl (C=O) groups is 3. The third-order valence-corrected chi connectivity index (χ3v) is 6.14. The molecule has 1 aromatic heterocycles. The Morgan fingerprint density at radius 2 is 1.91 bits per heavy atom. The number of hydrogen-bond donors (Lipinski definition) is 2. The van der Waals surface area contributed by atoms with Crippen LogP contribution in [0.3, 0.4) is 0 Å². The van der Waals surface area contributed by atoms with Gasteiger partial charge in [0.05, 0.1) is 23.4 Å². The zero-order valence-corrected chi connectivity index (χ0v) is 21.0. The number of amides is 3. The Balaban J connectivity index is 1.92. The van der Waals surface area contributed by atoms with Crippen LogP contribution in [0.1, 0.15) is 60.1 Å². The third kappa shape index (κ3) is 5.45. The van der Waals surface area contributed by atoms with Crippen LogP contribution < -0.4 is 10.2 Å². The highest BCUT2D eigenvalue weighted by molar-refractivity contribution is 6.41. The summed E-state index contributed by atoms with van der Waals surface area (Å²) in [6, 6.07) is 3.80. The highest BCUT2D eigenvalue weighted by Crippen LogP contribution is 2.39. The van der Waals surface area contributed by atoms with E-state index in [0.717, 1.165) is 24.5 Å². The first kappa shape index (κ1) is 26.2. The molecule has 2 aromatic rings. The van der Waals surface area contributed by atoms with Gasteiger partial charge in [-0.15, -0.1) is 0 Å². The van der Waals surface area contributed by atoms with Gasteiger partial charge in [-0.05, 0) is 63.2 Å². The monoisotopic (exact) mass is 484 g/mol. The number of imide groups is 1. The minimum atomic E-state index is -0.805. The van der Waals surface area contributed by atoms with Crippen LogP contribution >= 0.6 is 0 Å². The van der Waals surface area contributed by atoms with Crippen LogP contribution in [0.4, 0.5) is 14.9 Å². The number of aromatic amines is 1. The fourth-order valence-corrected chi connectivity index (χ4v) is 4.20. The molecule has 0 aliphatic carbocycles. The quantitative estimate of drug-likeness (QED) is 0.518. The van der Waals surface area contributed by atoms with Gasteiger partial charge in [0.2, 0.25) is 0 Å². The first-order valence-corrected chi connectivity index (χ1v) is 12.0. The van der Waals surface area contributed by atoms with Crippen molar-refractivity contribution in [3.63, 3.8) is 0 Å². The van der Waals surface area contributed by atoms with E-state index in [1.165, 1.54) is 18.2 Å². The molecule has 2 N–H and O–H groups in total.